The van der Waals surface area contributed by atoms with Gasteiger partial charge in [0, 0.05) is 30.8 Å². The van der Waals surface area contributed by atoms with Crippen molar-refractivity contribution in [2.24, 2.45) is 5.73 Å². The van der Waals surface area contributed by atoms with E-state index < -0.39 is 0 Å². The van der Waals surface area contributed by atoms with Crippen molar-refractivity contribution in [2.45, 2.75) is 13.5 Å². The molecule has 0 heterocycles. The summed E-state index contributed by atoms with van der Waals surface area (Å²) in [6.07, 6.45) is 0. The lowest BCUT2D eigenvalue weighted by molar-refractivity contribution is 0.0747. The Balaban J connectivity index is 0.00000312. The lowest BCUT2D eigenvalue weighted by Crippen LogP contribution is -2.35. The molecule has 2 rings (SSSR count). The predicted octanol–water partition coefficient (Wildman–Crippen LogP) is 3.04. The second-order valence-electron chi connectivity index (χ2n) is 5.51. The van der Waals surface area contributed by atoms with Gasteiger partial charge in [0.15, 0.2) is 0 Å². The van der Waals surface area contributed by atoms with E-state index in [1.807, 2.05) is 37.3 Å². The first-order valence-corrected chi connectivity index (χ1v) is 7.86. The number of carbonyl (C=O) groups excluding carboxylic acids is 1. The number of rotatable bonds is 7. The van der Waals surface area contributed by atoms with Crippen molar-refractivity contribution < 1.29 is 14.3 Å². The zero-order valence-corrected chi connectivity index (χ0v) is 15.6. The molecule has 25 heavy (non-hydrogen) atoms. The normalized spacial score (nSPS) is 9.92. The van der Waals surface area contributed by atoms with Gasteiger partial charge in [-0.25, -0.2) is 0 Å². The van der Waals surface area contributed by atoms with Gasteiger partial charge in [0.2, 0.25) is 0 Å². The second kappa shape index (κ2) is 9.91. The minimum absolute atomic E-state index is 0. The first kappa shape index (κ1) is 20.8. The molecule has 0 saturated carbocycles. The van der Waals surface area contributed by atoms with Crippen LogP contribution in [0, 0.1) is 6.92 Å². The molecule has 0 saturated heterocycles. The van der Waals surface area contributed by atoms with Crippen LogP contribution in [0.15, 0.2) is 42.5 Å². The fourth-order valence-corrected chi connectivity index (χ4v) is 2.60. The summed E-state index contributed by atoms with van der Waals surface area (Å²) in [4.78, 5) is 14.7. The minimum Gasteiger partial charge on any atom is -0.496 e. The highest BCUT2D eigenvalue weighted by atomic mass is 35.5. The summed E-state index contributed by atoms with van der Waals surface area (Å²) in [5.74, 6) is 1.16. The molecule has 0 fully saturated rings. The molecule has 2 N–H and O–H groups in total. The summed E-state index contributed by atoms with van der Waals surface area (Å²) in [6, 6.07) is 13.3. The zero-order valence-electron chi connectivity index (χ0n) is 14.8. The molecule has 0 radical (unpaired) electrons. The Kier molecular flexibility index (Phi) is 8.25. The number of hydrogen-bond acceptors (Lipinski definition) is 4. The van der Waals surface area contributed by atoms with Crippen LogP contribution in [0.4, 0.5) is 0 Å². The third-order valence-corrected chi connectivity index (χ3v) is 3.90. The van der Waals surface area contributed by atoms with Gasteiger partial charge in [-0.2, -0.15) is 0 Å². The van der Waals surface area contributed by atoms with Crippen LogP contribution < -0.4 is 15.2 Å². The van der Waals surface area contributed by atoms with E-state index in [0.29, 0.717) is 36.7 Å². The molecule has 0 aromatic heterocycles. The quantitative estimate of drug-likeness (QED) is 0.820. The molecule has 1 amide bonds. The third-order valence-electron chi connectivity index (χ3n) is 3.90. The highest BCUT2D eigenvalue weighted by Crippen LogP contribution is 2.30. The highest BCUT2D eigenvalue weighted by molar-refractivity contribution is 5.95. The molecule has 136 valence electrons. The van der Waals surface area contributed by atoms with Crippen LogP contribution in [0.1, 0.15) is 21.5 Å². The van der Waals surface area contributed by atoms with E-state index in [2.05, 4.69) is 0 Å². The highest BCUT2D eigenvalue weighted by Gasteiger charge is 2.19. The molecule has 0 atom stereocenters. The van der Waals surface area contributed by atoms with Gasteiger partial charge in [-0.3, -0.25) is 4.79 Å². The number of nitrogens with two attached hydrogens (primary N) is 1. The van der Waals surface area contributed by atoms with Crippen LogP contribution in [0.2, 0.25) is 0 Å². The average molecular weight is 365 g/mol. The lowest BCUT2D eigenvalue weighted by Gasteiger charge is -2.23. The molecule has 0 aliphatic heterocycles. The van der Waals surface area contributed by atoms with E-state index in [9.17, 15) is 4.79 Å². The molecule has 0 aliphatic carbocycles. The maximum Gasteiger partial charge on any atom is 0.254 e. The van der Waals surface area contributed by atoms with Crippen molar-refractivity contribution in [3.8, 4) is 11.5 Å². The minimum atomic E-state index is -0.0964. The first-order chi connectivity index (χ1) is 11.6. The van der Waals surface area contributed by atoms with Crippen molar-refractivity contribution in [3.05, 3.63) is 59.2 Å². The number of benzene rings is 2. The van der Waals surface area contributed by atoms with Gasteiger partial charge in [0.1, 0.15) is 11.5 Å². The summed E-state index contributed by atoms with van der Waals surface area (Å²) in [5, 5.41) is 0. The zero-order chi connectivity index (χ0) is 17.5. The molecule has 0 unspecified atom stereocenters. The number of nitrogens with zero attached hydrogens (tertiary/aromatic N) is 1. The maximum absolute atomic E-state index is 12.9. The molecule has 0 aliphatic rings. The van der Waals surface area contributed by atoms with E-state index in [1.165, 1.54) is 0 Å². The van der Waals surface area contributed by atoms with Crippen LogP contribution in [-0.2, 0) is 6.54 Å². The monoisotopic (exact) mass is 364 g/mol. The van der Waals surface area contributed by atoms with E-state index >= 15 is 0 Å². The molecule has 2 aromatic rings. The predicted molar refractivity (Wildman–Crippen MR) is 102 cm³/mol. The number of ether oxygens (including phenoxy) is 2. The van der Waals surface area contributed by atoms with Gasteiger partial charge in [-0.1, -0.05) is 30.3 Å². The van der Waals surface area contributed by atoms with Crippen molar-refractivity contribution >= 4 is 18.3 Å². The fraction of sp³-hybridized carbons (Fsp3) is 0.316. The van der Waals surface area contributed by atoms with Crippen LogP contribution >= 0.6 is 12.4 Å². The number of carbonyl (C=O) groups is 1. The van der Waals surface area contributed by atoms with Crippen molar-refractivity contribution in [1.82, 2.24) is 4.90 Å². The van der Waals surface area contributed by atoms with Crippen LogP contribution in [0.5, 0.6) is 11.5 Å². The van der Waals surface area contributed by atoms with Crippen molar-refractivity contribution in [2.75, 3.05) is 27.3 Å². The summed E-state index contributed by atoms with van der Waals surface area (Å²) in [5.41, 5.74) is 8.14. The van der Waals surface area contributed by atoms with E-state index in [-0.39, 0.29) is 18.3 Å². The van der Waals surface area contributed by atoms with Gasteiger partial charge >= 0.3 is 0 Å². The molecule has 2 aromatic carbocycles. The fourth-order valence-electron chi connectivity index (χ4n) is 2.60. The average Bonchev–Trinajstić information content (AvgIpc) is 2.62. The third kappa shape index (κ3) is 5.11. The molecular formula is C19H25ClN2O3. The topological polar surface area (TPSA) is 64.8 Å². The summed E-state index contributed by atoms with van der Waals surface area (Å²) in [7, 11) is 3.16. The maximum atomic E-state index is 12.9. The molecular weight excluding hydrogens is 340 g/mol. The van der Waals surface area contributed by atoms with Gasteiger partial charge in [-0.05, 0) is 24.6 Å². The Morgan fingerprint density at radius 2 is 1.64 bits per heavy atom. The Labute approximate surface area is 155 Å². The van der Waals surface area contributed by atoms with Gasteiger partial charge in [0.05, 0.1) is 14.2 Å². The standard InChI is InChI=1S/C19H24N2O3.ClH/c1-14-17(23-2)11-16(12-18(14)24-3)19(22)21(10-9-20)13-15-7-5-4-6-8-15;/h4-8,11-12H,9-10,13,20H2,1-3H3;1H. The molecule has 5 nitrogen and oxygen atoms in total. The largest absolute Gasteiger partial charge is 0.496 e. The van der Waals surface area contributed by atoms with Crippen LogP contribution in [0.3, 0.4) is 0 Å². The van der Waals surface area contributed by atoms with Gasteiger partial charge in [-0.15, -0.1) is 12.4 Å². The SMILES string of the molecule is COc1cc(C(=O)N(CCN)Cc2ccccc2)cc(OC)c1C.Cl. The Morgan fingerprint density at radius 3 is 2.12 bits per heavy atom. The molecule has 0 spiro atoms. The van der Waals surface area contributed by atoms with E-state index in [1.54, 1.807) is 31.3 Å². The Bertz CT molecular complexity index is 667. The molecule has 6 heteroatoms. The number of methoxy groups -OCH3 is 2. The smallest absolute Gasteiger partial charge is 0.254 e. The Hall–Kier alpha value is -2.24. The van der Waals surface area contributed by atoms with Crippen molar-refractivity contribution in [3.63, 3.8) is 0 Å². The second-order valence-corrected chi connectivity index (χ2v) is 5.51. The Morgan fingerprint density at radius 1 is 1.08 bits per heavy atom. The van der Waals surface area contributed by atoms with Gasteiger partial charge in [0.25, 0.3) is 5.91 Å². The molecule has 0 bridgehead atoms. The van der Waals surface area contributed by atoms with Crippen LogP contribution in [0.25, 0.3) is 0 Å². The number of amides is 1. The van der Waals surface area contributed by atoms with Gasteiger partial charge < -0.3 is 20.1 Å². The lowest BCUT2D eigenvalue weighted by atomic mass is 10.1. The summed E-state index contributed by atoms with van der Waals surface area (Å²) >= 11 is 0. The van der Waals surface area contributed by atoms with Crippen molar-refractivity contribution in [1.29, 1.82) is 0 Å². The summed E-state index contributed by atoms with van der Waals surface area (Å²) in [6.45, 7) is 3.29. The van der Waals surface area contributed by atoms with Crippen LogP contribution in [-0.4, -0.2) is 38.1 Å². The summed E-state index contributed by atoms with van der Waals surface area (Å²) < 4.78 is 10.7. The van der Waals surface area contributed by atoms with E-state index in [0.717, 1.165) is 11.1 Å². The van der Waals surface area contributed by atoms with E-state index in [4.69, 9.17) is 15.2 Å². The number of halogens is 1. The number of hydrogen-bond donors (Lipinski definition) is 1. The first-order valence-electron chi connectivity index (χ1n) is 7.86.